The Hall–Kier alpha value is -2.89. The number of hydrogen-bond acceptors (Lipinski definition) is 3. The minimum atomic E-state index is -0.972. The van der Waals surface area contributed by atoms with Crippen molar-refractivity contribution in [2.75, 3.05) is 13.1 Å². The highest BCUT2D eigenvalue weighted by atomic mass is 16.4. The van der Waals surface area contributed by atoms with Crippen molar-refractivity contribution in [3.05, 3.63) is 66.5 Å². The van der Waals surface area contributed by atoms with Crippen LogP contribution in [0.25, 0.3) is 0 Å². The third-order valence-corrected chi connectivity index (χ3v) is 4.95. The van der Waals surface area contributed by atoms with E-state index >= 15 is 0 Å². The largest absolute Gasteiger partial charge is 0.478 e. The highest BCUT2D eigenvalue weighted by Crippen LogP contribution is 2.26. The topological polar surface area (TPSA) is 75.4 Å². The van der Waals surface area contributed by atoms with Gasteiger partial charge in [-0.3, -0.25) is 9.48 Å². The molecule has 1 aromatic carbocycles. The number of aromatic carboxylic acids is 1. The number of likely N-dealkylation sites (tertiary alicyclic amines) is 1. The molecule has 1 saturated heterocycles. The van der Waals surface area contributed by atoms with Gasteiger partial charge in [-0.25, -0.2) is 4.79 Å². The Bertz CT molecular complexity index is 777. The highest BCUT2D eigenvalue weighted by Gasteiger charge is 2.26. The molecule has 0 radical (unpaired) electrons. The molecule has 0 aliphatic carbocycles. The van der Waals surface area contributed by atoms with Crippen LogP contribution in [-0.4, -0.2) is 44.8 Å². The third kappa shape index (κ3) is 4.02. The maximum Gasteiger partial charge on any atom is 0.338 e. The van der Waals surface area contributed by atoms with Crippen molar-refractivity contribution in [1.82, 2.24) is 14.7 Å². The Labute approximate surface area is 152 Å². The monoisotopic (exact) mass is 353 g/mol. The maximum absolute atomic E-state index is 12.7. The first-order valence-corrected chi connectivity index (χ1v) is 8.81. The Morgan fingerprint density at radius 3 is 2.54 bits per heavy atom. The number of carbonyl (C=O) groups is 2. The molecule has 1 aromatic heterocycles. The molecule has 0 bridgehead atoms. The number of hydrogen-bond donors (Lipinski definition) is 1. The van der Waals surface area contributed by atoms with Crippen molar-refractivity contribution in [2.45, 2.75) is 31.2 Å². The predicted octanol–water partition coefficient (Wildman–Crippen LogP) is 3.10. The summed E-state index contributed by atoms with van der Waals surface area (Å²) in [7, 11) is 0. The summed E-state index contributed by atoms with van der Waals surface area (Å²) in [5.74, 6) is -0.824. The van der Waals surface area contributed by atoms with E-state index in [9.17, 15) is 9.59 Å². The first kappa shape index (κ1) is 17.9. The summed E-state index contributed by atoms with van der Waals surface area (Å²) in [6.45, 7) is 5.19. The van der Waals surface area contributed by atoms with Gasteiger partial charge in [-0.15, -0.1) is 6.58 Å². The lowest BCUT2D eigenvalue weighted by Gasteiger charge is -2.32. The fourth-order valence-electron chi connectivity index (χ4n) is 3.38. The molecule has 1 amide bonds. The van der Waals surface area contributed by atoms with Gasteiger partial charge in [0.25, 0.3) is 0 Å². The number of piperidine rings is 1. The molecule has 1 fully saturated rings. The van der Waals surface area contributed by atoms with Crippen LogP contribution in [0.1, 0.15) is 47.1 Å². The summed E-state index contributed by atoms with van der Waals surface area (Å²) in [6, 6.07) is 10.1. The van der Waals surface area contributed by atoms with Crippen LogP contribution in [0.2, 0.25) is 0 Å². The van der Waals surface area contributed by atoms with Gasteiger partial charge in [0.2, 0.25) is 5.91 Å². The third-order valence-electron chi connectivity index (χ3n) is 4.95. The van der Waals surface area contributed by atoms with Gasteiger partial charge in [0.15, 0.2) is 0 Å². The molecule has 3 rings (SSSR count). The molecule has 1 N–H and O–H groups in total. The van der Waals surface area contributed by atoms with Gasteiger partial charge >= 0.3 is 5.97 Å². The van der Waals surface area contributed by atoms with E-state index in [-0.39, 0.29) is 23.4 Å². The van der Waals surface area contributed by atoms with E-state index < -0.39 is 5.97 Å². The van der Waals surface area contributed by atoms with Gasteiger partial charge in [0, 0.05) is 31.6 Å². The number of nitrogens with zero attached hydrogens (tertiary/aromatic N) is 3. The minimum Gasteiger partial charge on any atom is -0.478 e. The van der Waals surface area contributed by atoms with Crippen LogP contribution in [0.4, 0.5) is 0 Å². The molecular formula is C20H23N3O3. The van der Waals surface area contributed by atoms with Gasteiger partial charge in [-0.1, -0.05) is 36.4 Å². The van der Waals surface area contributed by atoms with Crippen molar-refractivity contribution in [3.8, 4) is 0 Å². The van der Waals surface area contributed by atoms with E-state index in [1.807, 2.05) is 41.3 Å². The molecule has 6 nitrogen and oxygen atoms in total. The smallest absolute Gasteiger partial charge is 0.338 e. The zero-order valence-electron chi connectivity index (χ0n) is 14.6. The molecule has 136 valence electrons. The average molecular weight is 353 g/mol. The summed E-state index contributed by atoms with van der Waals surface area (Å²) in [4.78, 5) is 25.5. The van der Waals surface area contributed by atoms with Crippen molar-refractivity contribution >= 4 is 11.9 Å². The molecule has 1 aliphatic rings. The summed E-state index contributed by atoms with van der Waals surface area (Å²) in [5.41, 5.74) is 1.30. The first-order valence-electron chi connectivity index (χ1n) is 8.81. The van der Waals surface area contributed by atoms with E-state index in [4.69, 9.17) is 5.11 Å². The number of amides is 1. The Balaban J connectivity index is 1.56. The summed E-state index contributed by atoms with van der Waals surface area (Å²) < 4.78 is 1.71. The van der Waals surface area contributed by atoms with Crippen LogP contribution >= 0.6 is 0 Å². The van der Waals surface area contributed by atoms with Crippen LogP contribution in [0.15, 0.2) is 55.4 Å². The Morgan fingerprint density at radius 2 is 1.96 bits per heavy atom. The number of rotatable bonds is 6. The van der Waals surface area contributed by atoms with E-state index in [1.165, 1.54) is 6.20 Å². The van der Waals surface area contributed by atoms with Gasteiger partial charge < -0.3 is 10.0 Å². The predicted molar refractivity (Wildman–Crippen MR) is 98.0 cm³/mol. The van der Waals surface area contributed by atoms with Crippen molar-refractivity contribution in [3.63, 3.8) is 0 Å². The summed E-state index contributed by atoms with van der Waals surface area (Å²) >= 11 is 0. The fraction of sp³-hybridized carbons (Fsp3) is 0.350. The molecule has 26 heavy (non-hydrogen) atoms. The molecule has 1 atom stereocenters. The Kier molecular flexibility index (Phi) is 5.51. The number of carbonyl (C=O) groups excluding carboxylic acids is 1. The fourth-order valence-corrected chi connectivity index (χ4v) is 3.38. The quantitative estimate of drug-likeness (QED) is 0.810. The van der Waals surface area contributed by atoms with Gasteiger partial charge in [0.05, 0.1) is 17.8 Å². The van der Waals surface area contributed by atoms with Crippen molar-refractivity contribution in [2.24, 2.45) is 0 Å². The molecule has 0 saturated carbocycles. The lowest BCUT2D eigenvalue weighted by Crippen LogP contribution is -2.39. The standard InChI is InChI=1S/C20H23N3O3/c1-2-15(16-6-4-3-5-7-16)12-19(24)22-10-8-18(9-11-22)23-14-17(13-21-23)20(25)26/h2-7,13-15,18H,1,8-12H2,(H,25,26). The van der Waals surface area contributed by atoms with Crippen molar-refractivity contribution in [1.29, 1.82) is 0 Å². The van der Waals surface area contributed by atoms with Gasteiger partial charge in [-0.2, -0.15) is 5.10 Å². The second-order valence-electron chi connectivity index (χ2n) is 6.58. The molecule has 2 heterocycles. The van der Waals surface area contributed by atoms with E-state index in [0.29, 0.717) is 19.5 Å². The number of carboxylic acids is 1. The number of allylic oxidation sites excluding steroid dienone is 1. The number of aromatic nitrogens is 2. The van der Waals surface area contributed by atoms with Crippen LogP contribution in [-0.2, 0) is 4.79 Å². The summed E-state index contributed by atoms with van der Waals surface area (Å²) in [6.07, 6.45) is 6.73. The maximum atomic E-state index is 12.7. The van der Waals surface area contributed by atoms with E-state index in [2.05, 4.69) is 11.7 Å². The Morgan fingerprint density at radius 1 is 1.27 bits per heavy atom. The van der Waals surface area contributed by atoms with Gasteiger partial charge in [-0.05, 0) is 18.4 Å². The van der Waals surface area contributed by atoms with Crippen LogP contribution in [0.5, 0.6) is 0 Å². The number of benzene rings is 1. The molecule has 2 aromatic rings. The first-order chi connectivity index (χ1) is 12.6. The van der Waals surface area contributed by atoms with Crippen LogP contribution < -0.4 is 0 Å². The average Bonchev–Trinajstić information content (AvgIpc) is 3.17. The second-order valence-corrected chi connectivity index (χ2v) is 6.58. The SMILES string of the molecule is C=CC(CC(=O)N1CCC(n2cc(C(=O)O)cn2)CC1)c1ccccc1. The molecule has 0 spiro atoms. The van der Waals surface area contributed by atoms with E-state index in [0.717, 1.165) is 18.4 Å². The molecule has 1 unspecified atom stereocenters. The minimum absolute atomic E-state index is 0.0191. The van der Waals surface area contributed by atoms with E-state index in [1.54, 1.807) is 10.9 Å². The number of carboxylic acid groups (broad SMARTS) is 1. The highest BCUT2D eigenvalue weighted by molar-refractivity contribution is 5.86. The summed E-state index contributed by atoms with van der Waals surface area (Å²) in [5, 5.41) is 13.1. The van der Waals surface area contributed by atoms with Crippen LogP contribution in [0.3, 0.4) is 0 Å². The molecular weight excluding hydrogens is 330 g/mol. The molecule has 1 aliphatic heterocycles. The normalized spacial score (nSPS) is 16.2. The molecule has 6 heteroatoms. The van der Waals surface area contributed by atoms with Crippen LogP contribution in [0, 0.1) is 0 Å². The van der Waals surface area contributed by atoms with Crippen molar-refractivity contribution < 1.29 is 14.7 Å². The second kappa shape index (κ2) is 7.99. The lowest BCUT2D eigenvalue weighted by molar-refractivity contribution is -0.132. The zero-order chi connectivity index (χ0) is 18.5. The zero-order valence-corrected chi connectivity index (χ0v) is 14.6. The van der Waals surface area contributed by atoms with Gasteiger partial charge in [0.1, 0.15) is 0 Å². The lowest BCUT2D eigenvalue weighted by atomic mass is 9.94.